The van der Waals surface area contributed by atoms with Gasteiger partial charge in [0.2, 0.25) is 0 Å². The first-order valence-corrected chi connectivity index (χ1v) is 7.27. The van der Waals surface area contributed by atoms with Crippen LogP contribution in [0.4, 0.5) is 0 Å². The Morgan fingerprint density at radius 1 is 1.48 bits per heavy atom. The normalized spacial score (nSPS) is 10.6. The quantitative estimate of drug-likeness (QED) is 0.651. The average molecular weight is 334 g/mol. The Labute approximate surface area is 139 Å². The highest BCUT2D eigenvalue weighted by Crippen LogP contribution is 2.35. The molecule has 0 aliphatic carbocycles. The number of methoxy groups -OCH3 is 1. The van der Waals surface area contributed by atoms with Gasteiger partial charge in [-0.3, -0.25) is 9.78 Å². The van der Waals surface area contributed by atoms with E-state index in [9.17, 15) is 4.79 Å². The number of hydrogen-bond acceptors (Lipinski definition) is 5. The summed E-state index contributed by atoms with van der Waals surface area (Å²) in [5.74, 6) is 0.631. The van der Waals surface area contributed by atoms with Crippen molar-refractivity contribution in [3.8, 4) is 11.5 Å². The molecule has 0 aliphatic rings. The fourth-order valence-corrected chi connectivity index (χ4v) is 2.10. The molecule has 0 aliphatic heterocycles. The van der Waals surface area contributed by atoms with E-state index in [-0.39, 0.29) is 5.91 Å². The summed E-state index contributed by atoms with van der Waals surface area (Å²) in [6, 6.07) is 6.72. The van der Waals surface area contributed by atoms with E-state index >= 15 is 0 Å². The first-order valence-electron chi connectivity index (χ1n) is 6.89. The number of ether oxygens (including phenoxy) is 2. The lowest BCUT2D eigenvalue weighted by molar-refractivity contribution is 0.0955. The molecule has 1 N–H and O–H groups in total. The van der Waals surface area contributed by atoms with Gasteiger partial charge in [0.05, 0.1) is 30.5 Å². The zero-order valence-electron chi connectivity index (χ0n) is 12.7. The first kappa shape index (κ1) is 16.8. The van der Waals surface area contributed by atoms with Crippen LogP contribution in [0.5, 0.6) is 11.5 Å². The summed E-state index contributed by atoms with van der Waals surface area (Å²) in [5.41, 5.74) is 3.51. The van der Waals surface area contributed by atoms with Crippen LogP contribution in [0.15, 0.2) is 41.8 Å². The summed E-state index contributed by atoms with van der Waals surface area (Å²) in [6.45, 7) is 2.34. The molecule has 1 amide bonds. The van der Waals surface area contributed by atoms with Crippen molar-refractivity contribution in [1.82, 2.24) is 10.4 Å². The summed E-state index contributed by atoms with van der Waals surface area (Å²) >= 11 is 6.17. The van der Waals surface area contributed by atoms with Crippen molar-refractivity contribution in [3.63, 3.8) is 0 Å². The van der Waals surface area contributed by atoms with Gasteiger partial charge in [-0.15, -0.1) is 0 Å². The minimum Gasteiger partial charge on any atom is -0.493 e. The Morgan fingerprint density at radius 3 is 2.96 bits per heavy atom. The monoisotopic (exact) mass is 333 g/mol. The van der Waals surface area contributed by atoms with Gasteiger partial charge in [0.1, 0.15) is 0 Å². The molecule has 6 nitrogen and oxygen atoms in total. The highest BCUT2D eigenvalue weighted by Gasteiger charge is 2.11. The zero-order valence-corrected chi connectivity index (χ0v) is 13.5. The van der Waals surface area contributed by atoms with Crippen molar-refractivity contribution in [3.05, 3.63) is 52.8 Å². The first-order chi connectivity index (χ1) is 11.2. The van der Waals surface area contributed by atoms with Crippen LogP contribution in [0.25, 0.3) is 0 Å². The number of nitrogens with one attached hydrogen (secondary N) is 1. The lowest BCUT2D eigenvalue weighted by Gasteiger charge is -2.11. The molecule has 1 heterocycles. The van der Waals surface area contributed by atoms with Crippen LogP contribution in [-0.4, -0.2) is 30.8 Å². The highest BCUT2D eigenvalue weighted by atomic mass is 35.5. The van der Waals surface area contributed by atoms with Crippen molar-refractivity contribution >= 4 is 23.7 Å². The maximum absolute atomic E-state index is 11.8. The highest BCUT2D eigenvalue weighted by molar-refractivity contribution is 6.32. The summed E-state index contributed by atoms with van der Waals surface area (Å²) in [7, 11) is 1.53. The van der Waals surface area contributed by atoms with Gasteiger partial charge in [0, 0.05) is 12.4 Å². The number of aromatic nitrogens is 1. The number of rotatable bonds is 6. The van der Waals surface area contributed by atoms with Crippen LogP contribution >= 0.6 is 11.6 Å². The lowest BCUT2D eigenvalue weighted by atomic mass is 10.2. The molecular formula is C16H16ClN3O3. The number of hydrogen-bond donors (Lipinski definition) is 1. The lowest BCUT2D eigenvalue weighted by Crippen LogP contribution is -2.17. The summed E-state index contributed by atoms with van der Waals surface area (Å²) in [6.07, 6.45) is 4.52. The van der Waals surface area contributed by atoms with Crippen LogP contribution in [0.1, 0.15) is 22.8 Å². The number of benzene rings is 1. The molecule has 0 unspecified atom stereocenters. The molecule has 0 atom stereocenters. The minimum atomic E-state index is -0.349. The van der Waals surface area contributed by atoms with Crippen molar-refractivity contribution in [2.75, 3.05) is 13.7 Å². The number of hydrazone groups is 1. The number of carbonyl (C=O) groups excluding carboxylic acids is 1. The van der Waals surface area contributed by atoms with Gasteiger partial charge < -0.3 is 9.47 Å². The number of nitrogens with zero attached hydrogens (tertiary/aromatic N) is 2. The minimum absolute atomic E-state index is 0.349. The summed E-state index contributed by atoms with van der Waals surface area (Å²) in [4.78, 5) is 15.7. The van der Waals surface area contributed by atoms with Crippen molar-refractivity contribution < 1.29 is 14.3 Å². The van der Waals surface area contributed by atoms with E-state index in [2.05, 4.69) is 15.5 Å². The molecular weight excluding hydrogens is 318 g/mol. The second kappa shape index (κ2) is 8.14. The van der Waals surface area contributed by atoms with Crippen LogP contribution in [0, 0.1) is 0 Å². The second-order valence-electron chi connectivity index (χ2n) is 4.41. The summed E-state index contributed by atoms with van der Waals surface area (Å²) < 4.78 is 10.7. The third-order valence-electron chi connectivity index (χ3n) is 2.84. The predicted octanol–water partition coefficient (Wildman–Crippen LogP) is 2.91. The van der Waals surface area contributed by atoms with Gasteiger partial charge >= 0.3 is 0 Å². The van der Waals surface area contributed by atoms with Gasteiger partial charge in [0.15, 0.2) is 11.5 Å². The molecule has 7 heteroatoms. The van der Waals surface area contributed by atoms with Gasteiger partial charge in [-0.25, -0.2) is 5.43 Å². The molecule has 0 bridgehead atoms. The maximum Gasteiger partial charge on any atom is 0.272 e. The van der Waals surface area contributed by atoms with Gasteiger partial charge in [0.25, 0.3) is 5.91 Å². The largest absolute Gasteiger partial charge is 0.493 e. The topological polar surface area (TPSA) is 72.8 Å². The fourth-order valence-electron chi connectivity index (χ4n) is 1.83. The van der Waals surface area contributed by atoms with Crippen molar-refractivity contribution in [2.45, 2.75) is 6.92 Å². The Hall–Kier alpha value is -2.60. The molecule has 1 aromatic heterocycles. The van der Waals surface area contributed by atoms with Crippen molar-refractivity contribution in [2.24, 2.45) is 5.10 Å². The smallest absolute Gasteiger partial charge is 0.272 e. The molecule has 2 aromatic rings. The average Bonchev–Trinajstić information content (AvgIpc) is 2.57. The SMILES string of the molecule is CCOc1c(Cl)cc(/C=N\NC(=O)c2cccnc2)cc1OC. The van der Waals surface area contributed by atoms with Crippen LogP contribution in [-0.2, 0) is 0 Å². The van der Waals surface area contributed by atoms with E-state index in [1.54, 1.807) is 30.5 Å². The number of pyridine rings is 1. The molecule has 0 radical (unpaired) electrons. The van der Waals surface area contributed by atoms with E-state index in [0.717, 1.165) is 0 Å². The van der Waals surface area contributed by atoms with Crippen LogP contribution in [0.2, 0.25) is 5.02 Å². The van der Waals surface area contributed by atoms with E-state index in [1.807, 2.05) is 6.92 Å². The Kier molecular flexibility index (Phi) is 5.94. The molecule has 120 valence electrons. The molecule has 0 spiro atoms. The predicted molar refractivity (Wildman–Crippen MR) is 88.5 cm³/mol. The molecule has 23 heavy (non-hydrogen) atoms. The van der Waals surface area contributed by atoms with Crippen molar-refractivity contribution in [1.29, 1.82) is 0 Å². The van der Waals surface area contributed by atoms with Crippen LogP contribution in [0.3, 0.4) is 0 Å². The van der Waals surface area contributed by atoms with Gasteiger partial charge in [-0.1, -0.05) is 11.6 Å². The van der Waals surface area contributed by atoms with Gasteiger partial charge in [-0.05, 0) is 36.8 Å². The van der Waals surface area contributed by atoms with Gasteiger partial charge in [-0.2, -0.15) is 5.10 Å². The standard InChI is InChI=1S/C16H16ClN3O3/c1-3-23-15-13(17)7-11(8-14(15)22-2)9-19-20-16(21)12-5-4-6-18-10-12/h4-10H,3H2,1-2H3,(H,20,21)/b19-9-. The van der Waals surface area contributed by atoms with E-state index in [0.29, 0.717) is 34.3 Å². The molecule has 2 rings (SSSR count). The Balaban J connectivity index is 2.11. The molecule has 0 saturated heterocycles. The molecule has 0 saturated carbocycles. The molecule has 0 fully saturated rings. The second-order valence-corrected chi connectivity index (χ2v) is 4.82. The third kappa shape index (κ3) is 4.43. The van der Waals surface area contributed by atoms with Crippen LogP contribution < -0.4 is 14.9 Å². The van der Waals surface area contributed by atoms with E-state index in [1.165, 1.54) is 19.5 Å². The Bertz CT molecular complexity index is 705. The fraction of sp³-hybridized carbons (Fsp3) is 0.188. The maximum atomic E-state index is 11.8. The number of amides is 1. The van der Waals surface area contributed by atoms with E-state index < -0.39 is 0 Å². The summed E-state index contributed by atoms with van der Waals surface area (Å²) in [5, 5.41) is 4.31. The number of carbonyl (C=O) groups is 1. The number of halogens is 1. The zero-order chi connectivity index (χ0) is 16.7. The molecule has 1 aromatic carbocycles. The Morgan fingerprint density at radius 2 is 2.30 bits per heavy atom. The third-order valence-corrected chi connectivity index (χ3v) is 3.12. The van der Waals surface area contributed by atoms with E-state index in [4.69, 9.17) is 21.1 Å².